The van der Waals surface area contributed by atoms with E-state index in [2.05, 4.69) is 20.4 Å². The van der Waals surface area contributed by atoms with Crippen LogP contribution in [0.1, 0.15) is 60.3 Å². The first-order chi connectivity index (χ1) is 13.8. The van der Waals surface area contributed by atoms with Crippen LogP contribution in [-0.2, 0) is 28.7 Å². The molecule has 0 aromatic heterocycles. The van der Waals surface area contributed by atoms with E-state index in [1.54, 1.807) is 6.08 Å². The summed E-state index contributed by atoms with van der Waals surface area (Å²) in [7, 11) is 0. The summed E-state index contributed by atoms with van der Waals surface area (Å²) in [5, 5.41) is 0. The minimum absolute atomic E-state index is 0.104. The van der Waals surface area contributed by atoms with Gasteiger partial charge in [0.15, 0.2) is 11.6 Å². The van der Waals surface area contributed by atoms with Crippen molar-refractivity contribution >= 4 is 23.5 Å². The average Bonchev–Trinajstić information content (AvgIpc) is 2.82. The summed E-state index contributed by atoms with van der Waals surface area (Å²) in [5.41, 5.74) is -0.882. The molecule has 0 aromatic rings. The molecule has 4 rings (SSSR count). The summed E-state index contributed by atoms with van der Waals surface area (Å²) in [6.45, 7) is 12.9. The van der Waals surface area contributed by atoms with Gasteiger partial charge in [-0.2, -0.15) is 0 Å². The predicted molar refractivity (Wildman–Crippen MR) is 108 cm³/mol. The molecular weight excluding hydrogens is 384 g/mol. The Labute approximate surface area is 177 Å². The van der Waals surface area contributed by atoms with Crippen molar-refractivity contribution in [3.8, 4) is 0 Å². The van der Waals surface area contributed by atoms with Gasteiger partial charge in [-0.1, -0.05) is 27.4 Å². The quantitative estimate of drug-likeness (QED) is 0.509. The zero-order chi connectivity index (χ0) is 22.2. The van der Waals surface area contributed by atoms with Gasteiger partial charge in [-0.3, -0.25) is 19.2 Å². The number of hydrogen-bond acceptors (Lipinski definition) is 6. The summed E-state index contributed by atoms with van der Waals surface area (Å²) in [6, 6.07) is 0. The normalized spacial score (nSPS) is 41.5. The minimum atomic E-state index is -0.924. The smallest absolute Gasteiger partial charge is 0.302 e. The number of ketones is 2. The van der Waals surface area contributed by atoms with Gasteiger partial charge in [-0.05, 0) is 41.9 Å². The van der Waals surface area contributed by atoms with Gasteiger partial charge in [-0.15, -0.1) is 0 Å². The molecule has 0 amide bonds. The highest BCUT2D eigenvalue weighted by Crippen LogP contribution is 2.69. The van der Waals surface area contributed by atoms with Crippen molar-refractivity contribution in [1.29, 1.82) is 0 Å². The number of fused-ring (bicyclic) bond motifs is 3. The highest BCUT2D eigenvalue weighted by molar-refractivity contribution is 6.15. The van der Waals surface area contributed by atoms with Gasteiger partial charge in [0, 0.05) is 31.6 Å². The molecular formula is C24H30O6. The van der Waals surface area contributed by atoms with Crippen LogP contribution in [0, 0.1) is 28.1 Å². The first-order valence-corrected chi connectivity index (χ1v) is 10.7. The van der Waals surface area contributed by atoms with Crippen molar-refractivity contribution in [3.05, 3.63) is 23.8 Å². The van der Waals surface area contributed by atoms with Gasteiger partial charge in [0.2, 0.25) is 0 Å². The van der Waals surface area contributed by atoms with Crippen LogP contribution in [0.15, 0.2) is 23.8 Å². The molecule has 0 N–H and O–H groups in total. The van der Waals surface area contributed by atoms with E-state index in [9.17, 15) is 19.2 Å². The van der Waals surface area contributed by atoms with Crippen LogP contribution < -0.4 is 0 Å². The monoisotopic (exact) mass is 414 g/mol. The Hall–Kier alpha value is -2.24. The topological polar surface area (TPSA) is 86.7 Å². The van der Waals surface area contributed by atoms with Crippen molar-refractivity contribution in [2.24, 2.45) is 28.1 Å². The molecule has 30 heavy (non-hydrogen) atoms. The number of Topliss-reactive ketones (excluding diaryl/α,β-unsaturated/α-hetero) is 1. The van der Waals surface area contributed by atoms with Gasteiger partial charge in [-0.25, -0.2) is 0 Å². The first kappa shape index (κ1) is 21.0. The van der Waals surface area contributed by atoms with Gasteiger partial charge in [0.05, 0.1) is 11.3 Å². The fourth-order valence-corrected chi connectivity index (χ4v) is 7.24. The predicted octanol–water partition coefficient (Wildman–Crippen LogP) is 3.34. The zero-order valence-electron chi connectivity index (χ0n) is 18.4. The Balaban J connectivity index is 1.97. The number of hydrogen-bond donors (Lipinski definition) is 0. The molecule has 4 aliphatic rings. The van der Waals surface area contributed by atoms with Crippen molar-refractivity contribution in [2.75, 3.05) is 0 Å². The standard InChI is InChI=1S/C24H30O6/c1-12-15-10-24(21(12)28)11-17(29-13(2)25)20-22(4,5)8-7-19(30-14(3)26)23(20,6)18(24)9-16(15)27/h9,15,17,19-20H,1,7-8,10-11H2,2-6H3/t15-,17+,19+,20-,23-,24+/m1/s1. The molecule has 6 atom stereocenters. The average molecular weight is 414 g/mol. The summed E-state index contributed by atoms with van der Waals surface area (Å²) in [4.78, 5) is 50.4. The van der Waals surface area contributed by atoms with Crippen LogP contribution in [0.3, 0.4) is 0 Å². The molecule has 0 radical (unpaired) electrons. The number of rotatable bonds is 2. The highest BCUT2D eigenvalue weighted by Gasteiger charge is 2.71. The first-order valence-electron chi connectivity index (χ1n) is 10.7. The van der Waals surface area contributed by atoms with E-state index < -0.39 is 40.9 Å². The van der Waals surface area contributed by atoms with E-state index in [-0.39, 0.29) is 22.9 Å². The van der Waals surface area contributed by atoms with Gasteiger partial charge in [0.25, 0.3) is 0 Å². The molecule has 6 nitrogen and oxygen atoms in total. The van der Waals surface area contributed by atoms with Crippen molar-refractivity contribution in [2.45, 2.75) is 72.5 Å². The third-order valence-electron chi connectivity index (χ3n) is 8.18. The Morgan fingerprint density at radius 1 is 1.07 bits per heavy atom. The van der Waals surface area contributed by atoms with Crippen LogP contribution in [0.25, 0.3) is 0 Å². The zero-order valence-corrected chi connectivity index (χ0v) is 18.4. The Kier molecular flexibility index (Phi) is 4.47. The number of allylic oxidation sites excluding steroid dienone is 2. The molecule has 0 unspecified atom stereocenters. The summed E-state index contributed by atoms with van der Waals surface area (Å²) >= 11 is 0. The second-order valence-corrected chi connectivity index (χ2v) is 10.4. The number of carbonyl (C=O) groups is 4. The van der Waals surface area contributed by atoms with E-state index in [0.717, 1.165) is 12.0 Å². The third-order valence-corrected chi connectivity index (χ3v) is 8.18. The lowest BCUT2D eigenvalue weighted by atomic mass is 9.42. The molecule has 0 heterocycles. The van der Waals surface area contributed by atoms with Crippen LogP contribution in [0.5, 0.6) is 0 Å². The molecule has 6 heteroatoms. The largest absolute Gasteiger partial charge is 0.462 e. The van der Waals surface area contributed by atoms with E-state index >= 15 is 0 Å². The molecule has 0 aliphatic heterocycles. The second-order valence-electron chi connectivity index (χ2n) is 10.4. The molecule has 3 fully saturated rings. The van der Waals surface area contributed by atoms with E-state index in [1.807, 2.05) is 6.92 Å². The van der Waals surface area contributed by atoms with Crippen LogP contribution >= 0.6 is 0 Å². The maximum absolute atomic E-state index is 13.5. The van der Waals surface area contributed by atoms with Crippen molar-refractivity contribution < 1.29 is 28.7 Å². The fourth-order valence-electron chi connectivity index (χ4n) is 7.24. The lowest BCUT2D eigenvalue weighted by Gasteiger charge is -2.63. The summed E-state index contributed by atoms with van der Waals surface area (Å²) in [6.07, 6.45) is 2.72. The van der Waals surface area contributed by atoms with Crippen LogP contribution in [0.2, 0.25) is 0 Å². The number of esters is 2. The minimum Gasteiger partial charge on any atom is -0.462 e. The lowest BCUT2D eigenvalue weighted by molar-refractivity contribution is -0.200. The Morgan fingerprint density at radius 2 is 1.70 bits per heavy atom. The maximum atomic E-state index is 13.5. The molecule has 4 aliphatic carbocycles. The maximum Gasteiger partial charge on any atom is 0.302 e. The SMILES string of the molecule is C=C1C(=O)[C@]23C[C@H]1C(=O)C=C2[C@]1(C)[C@@H](OC(C)=O)CCC(C)(C)[C@H]1[C@@H](OC(C)=O)C3. The fraction of sp³-hybridized carbons (Fsp3) is 0.667. The second kappa shape index (κ2) is 6.38. The van der Waals surface area contributed by atoms with Gasteiger partial charge in [0.1, 0.15) is 12.2 Å². The molecule has 1 spiro atoms. The number of ether oxygens (including phenoxy) is 2. The molecule has 3 saturated carbocycles. The molecule has 2 bridgehead atoms. The third kappa shape index (κ3) is 2.61. The van der Waals surface area contributed by atoms with Crippen LogP contribution in [0.4, 0.5) is 0 Å². The Bertz CT molecular complexity index is 911. The molecule has 162 valence electrons. The summed E-state index contributed by atoms with van der Waals surface area (Å²) in [5.74, 6) is -1.74. The van der Waals surface area contributed by atoms with Gasteiger partial charge >= 0.3 is 11.9 Å². The van der Waals surface area contributed by atoms with E-state index in [0.29, 0.717) is 24.8 Å². The number of carbonyl (C=O) groups excluding carboxylic acids is 4. The van der Waals surface area contributed by atoms with Crippen LogP contribution in [-0.4, -0.2) is 35.7 Å². The van der Waals surface area contributed by atoms with Crippen molar-refractivity contribution in [1.82, 2.24) is 0 Å². The molecule has 0 aromatic carbocycles. The van der Waals surface area contributed by atoms with E-state index in [1.165, 1.54) is 13.8 Å². The Morgan fingerprint density at radius 3 is 2.30 bits per heavy atom. The van der Waals surface area contributed by atoms with Crippen molar-refractivity contribution in [3.63, 3.8) is 0 Å². The molecule has 0 saturated heterocycles. The highest BCUT2D eigenvalue weighted by atomic mass is 16.6. The van der Waals surface area contributed by atoms with Gasteiger partial charge < -0.3 is 9.47 Å². The summed E-state index contributed by atoms with van der Waals surface area (Å²) < 4.78 is 11.6. The lowest BCUT2D eigenvalue weighted by Crippen LogP contribution is -2.64. The van der Waals surface area contributed by atoms with E-state index in [4.69, 9.17) is 9.47 Å².